The molecule has 1 aromatic carbocycles. The fourth-order valence-corrected chi connectivity index (χ4v) is 3.51. The summed E-state index contributed by atoms with van der Waals surface area (Å²) in [5, 5.41) is 6.47. The van der Waals surface area contributed by atoms with Gasteiger partial charge in [0, 0.05) is 27.7 Å². The van der Waals surface area contributed by atoms with Crippen molar-refractivity contribution in [2.24, 2.45) is 10.4 Å². The van der Waals surface area contributed by atoms with E-state index in [1.807, 2.05) is 6.92 Å². The fraction of sp³-hybridized carbons (Fsp3) is 0.600. The SMILES string of the molecule is CN=C(NCC(C)Oc1ccccc1F)NCC1(C(=O)N(C)C)CCCC1.I. The number of hydrogen-bond acceptors (Lipinski definition) is 3. The number of amides is 1. The predicted molar refractivity (Wildman–Crippen MR) is 121 cm³/mol. The number of carbonyl (C=O) groups excluding carboxylic acids is 1. The molecule has 2 N–H and O–H groups in total. The molecule has 0 aromatic heterocycles. The summed E-state index contributed by atoms with van der Waals surface area (Å²) in [5.41, 5.74) is -0.365. The van der Waals surface area contributed by atoms with Crippen molar-refractivity contribution in [3.63, 3.8) is 0 Å². The van der Waals surface area contributed by atoms with E-state index in [9.17, 15) is 9.18 Å². The van der Waals surface area contributed by atoms with E-state index >= 15 is 0 Å². The third kappa shape index (κ3) is 6.49. The number of guanidine groups is 1. The summed E-state index contributed by atoms with van der Waals surface area (Å²) in [6, 6.07) is 6.35. The van der Waals surface area contributed by atoms with Crippen LogP contribution in [-0.4, -0.2) is 57.1 Å². The van der Waals surface area contributed by atoms with Crippen LogP contribution in [0.1, 0.15) is 32.6 Å². The smallest absolute Gasteiger partial charge is 0.230 e. The summed E-state index contributed by atoms with van der Waals surface area (Å²) in [5.74, 6) is 0.629. The number of hydrogen-bond donors (Lipinski definition) is 2. The van der Waals surface area contributed by atoms with E-state index in [0.29, 0.717) is 19.0 Å². The van der Waals surface area contributed by atoms with Crippen LogP contribution in [0, 0.1) is 11.2 Å². The van der Waals surface area contributed by atoms with Crippen LogP contribution in [0.5, 0.6) is 5.75 Å². The van der Waals surface area contributed by atoms with Gasteiger partial charge in [0.1, 0.15) is 6.10 Å². The molecule has 1 saturated carbocycles. The van der Waals surface area contributed by atoms with E-state index in [4.69, 9.17) is 4.74 Å². The molecule has 2 rings (SSSR count). The van der Waals surface area contributed by atoms with E-state index in [1.165, 1.54) is 6.07 Å². The summed E-state index contributed by atoms with van der Waals surface area (Å²) in [6.07, 6.45) is 3.67. The Labute approximate surface area is 184 Å². The Kier molecular flexibility index (Phi) is 9.98. The maximum atomic E-state index is 13.7. The highest BCUT2D eigenvalue weighted by atomic mass is 127. The van der Waals surface area contributed by atoms with Gasteiger partial charge in [-0.15, -0.1) is 24.0 Å². The monoisotopic (exact) mass is 506 g/mol. The molecule has 0 bridgehead atoms. The van der Waals surface area contributed by atoms with Crippen LogP contribution in [0.25, 0.3) is 0 Å². The molecule has 1 amide bonds. The number of nitrogens with zero attached hydrogens (tertiary/aromatic N) is 2. The Morgan fingerprint density at radius 1 is 1.29 bits per heavy atom. The Morgan fingerprint density at radius 2 is 1.93 bits per heavy atom. The molecule has 1 atom stereocenters. The van der Waals surface area contributed by atoms with Crippen LogP contribution in [0.2, 0.25) is 0 Å². The van der Waals surface area contributed by atoms with Crippen LogP contribution in [0.3, 0.4) is 0 Å². The number of rotatable bonds is 7. The van der Waals surface area contributed by atoms with Gasteiger partial charge in [0.05, 0.1) is 12.0 Å². The van der Waals surface area contributed by atoms with E-state index < -0.39 is 0 Å². The lowest BCUT2D eigenvalue weighted by atomic mass is 9.84. The molecule has 6 nitrogen and oxygen atoms in total. The number of carbonyl (C=O) groups is 1. The van der Waals surface area contributed by atoms with Gasteiger partial charge < -0.3 is 20.3 Å². The Morgan fingerprint density at radius 3 is 2.50 bits per heavy atom. The summed E-state index contributed by atoms with van der Waals surface area (Å²) in [7, 11) is 5.29. The highest BCUT2D eigenvalue weighted by Gasteiger charge is 2.42. The molecule has 0 saturated heterocycles. The first kappa shape index (κ1) is 24.5. The highest BCUT2D eigenvalue weighted by molar-refractivity contribution is 14.0. The largest absolute Gasteiger partial charge is 0.486 e. The van der Waals surface area contributed by atoms with Crippen LogP contribution in [-0.2, 0) is 4.79 Å². The highest BCUT2D eigenvalue weighted by Crippen LogP contribution is 2.38. The normalized spacial score (nSPS) is 16.7. The van der Waals surface area contributed by atoms with Gasteiger partial charge in [-0.2, -0.15) is 0 Å². The van der Waals surface area contributed by atoms with Gasteiger partial charge in [0.15, 0.2) is 17.5 Å². The van der Waals surface area contributed by atoms with Gasteiger partial charge in [-0.1, -0.05) is 25.0 Å². The summed E-state index contributed by atoms with van der Waals surface area (Å²) in [6.45, 7) is 2.87. The Balaban J connectivity index is 0.00000392. The molecule has 1 aliphatic carbocycles. The van der Waals surface area contributed by atoms with Crippen molar-refractivity contribution in [3.8, 4) is 5.75 Å². The maximum absolute atomic E-state index is 13.7. The number of ether oxygens (including phenoxy) is 1. The quantitative estimate of drug-likeness (QED) is 0.339. The van der Waals surface area contributed by atoms with E-state index in [-0.39, 0.29) is 53.0 Å². The summed E-state index contributed by atoms with van der Waals surface area (Å²) in [4.78, 5) is 18.5. The molecule has 0 spiro atoms. The lowest BCUT2D eigenvalue weighted by molar-refractivity contribution is -0.138. The molecule has 1 fully saturated rings. The molecule has 0 heterocycles. The molecule has 0 radical (unpaired) electrons. The molecule has 1 aliphatic rings. The van der Waals surface area contributed by atoms with E-state index in [0.717, 1.165) is 25.7 Å². The second-order valence-electron chi connectivity index (χ2n) is 7.35. The van der Waals surface area contributed by atoms with Gasteiger partial charge in [0.2, 0.25) is 5.91 Å². The molecule has 1 unspecified atom stereocenters. The average Bonchev–Trinajstić information content (AvgIpc) is 3.13. The number of para-hydroxylation sites is 1. The fourth-order valence-electron chi connectivity index (χ4n) is 3.51. The number of nitrogens with one attached hydrogen (secondary N) is 2. The standard InChI is InChI=1S/C20H31FN4O2.HI/c1-15(27-17-10-6-5-9-16(17)21)13-23-19(22-2)24-14-20(11-7-8-12-20)18(26)25(3)4;/h5-6,9-10,15H,7-8,11-14H2,1-4H3,(H2,22,23,24);1H. The van der Waals surface area contributed by atoms with Crippen molar-refractivity contribution in [3.05, 3.63) is 30.1 Å². The van der Waals surface area contributed by atoms with Crippen molar-refractivity contribution in [1.29, 1.82) is 0 Å². The second kappa shape index (κ2) is 11.4. The minimum atomic E-state index is -0.378. The molecular formula is C20H32FIN4O2. The molecule has 28 heavy (non-hydrogen) atoms. The van der Waals surface area contributed by atoms with Crippen molar-refractivity contribution < 1.29 is 13.9 Å². The zero-order valence-electron chi connectivity index (χ0n) is 17.1. The molecule has 1 aromatic rings. The van der Waals surface area contributed by atoms with Crippen molar-refractivity contribution >= 4 is 35.8 Å². The van der Waals surface area contributed by atoms with Gasteiger partial charge in [-0.3, -0.25) is 9.79 Å². The molecule has 0 aliphatic heterocycles. The molecule has 158 valence electrons. The zero-order valence-corrected chi connectivity index (χ0v) is 19.5. The second-order valence-corrected chi connectivity index (χ2v) is 7.35. The predicted octanol–water partition coefficient (Wildman–Crippen LogP) is 3.02. The van der Waals surface area contributed by atoms with E-state index in [1.54, 1.807) is 44.2 Å². The van der Waals surface area contributed by atoms with Crippen molar-refractivity contribution in [1.82, 2.24) is 15.5 Å². The first-order chi connectivity index (χ1) is 12.9. The Bertz CT molecular complexity index is 663. The molecular weight excluding hydrogens is 474 g/mol. The van der Waals surface area contributed by atoms with Gasteiger partial charge in [-0.05, 0) is 31.9 Å². The average molecular weight is 506 g/mol. The molecule has 8 heteroatoms. The lowest BCUT2D eigenvalue weighted by Gasteiger charge is -2.31. The van der Waals surface area contributed by atoms with E-state index in [2.05, 4.69) is 15.6 Å². The lowest BCUT2D eigenvalue weighted by Crippen LogP contribution is -2.50. The van der Waals surface area contributed by atoms with Crippen LogP contribution in [0.4, 0.5) is 4.39 Å². The summed E-state index contributed by atoms with van der Waals surface area (Å²) < 4.78 is 19.3. The number of halogens is 2. The Hall–Kier alpha value is -1.58. The topological polar surface area (TPSA) is 66.0 Å². The van der Waals surface area contributed by atoms with Crippen LogP contribution < -0.4 is 15.4 Å². The van der Waals surface area contributed by atoms with Crippen LogP contribution >= 0.6 is 24.0 Å². The van der Waals surface area contributed by atoms with Crippen molar-refractivity contribution in [2.45, 2.75) is 38.7 Å². The third-order valence-electron chi connectivity index (χ3n) is 4.96. The minimum Gasteiger partial charge on any atom is -0.486 e. The van der Waals surface area contributed by atoms with Crippen molar-refractivity contribution in [2.75, 3.05) is 34.2 Å². The van der Waals surface area contributed by atoms with Gasteiger partial charge >= 0.3 is 0 Å². The first-order valence-electron chi connectivity index (χ1n) is 9.45. The van der Waals surface area contributed by atoms with Gasteiger partial charge in [-0.25, -0.2) is 4.39 Å². The number of aliphatic imine (C=N–C) groups is 1. The summed E-state index contributed by atoms with van der Waals surface area (Å²) >= 11 is 0. The maximum Gasteiger partial charge on any atom is 0.230 e. The van der Waals surface area contributed by atoms with Crippen LogP contribution in [0.15, 0.2) is 29.3 Å². The van der Waals surface area contributed by atoms with Gasteiger partial charge in [0.25, 0.3) is 0 Å². The number of benzene rings is 1. The third-order valence-corrected chi connectivity index (χ3v) is 4.96. The zero-order chi connectivity index (χ0) is 19.9. The minimum absolute atomic E-state index is 0. The first-order valence-corrected chi connectivity index (χ1v) is 9.45.